The maximum Gasteiger partial charge on any atom is 0.455 e. The average molecular weight is 657 g/mol. The standard InChI is InChI=1S/C35H34BClN2O8/c1-2-21(15-22-12-13-26(40)18-30(22)37)11-14-31-32-23(20-46-27-9-4-3-5-10-27)16-28-33(29(32)19-36(43)47-31)35(42)38(34(28)41)24-7-6-8-25(17-24)39(44)45/h3-10,12-13,15,17-18,28-29,31,33,40,43H,2,11,14,16,19-20H2,1H3/b21-15+/t28-,29+,31-,33-/m1/s1. The van der Waals surface area contributed by atoms with Crippen molar-refractivity contribution in [1.29, 1.82) is 0 Å². The fourth-order valence-corrected chi connectivity index (χ4v) is 7.33. The Morgan fingerprint density at radius 3 is 2.62 bits per heavy atom. The number of carbonyl (C=O) groups excluding carboxylic acids is 2. The van der Waals surface area contributed by atoms with Crippen LogP contribution >= 0.6 is 11.6 Å². The quantitative estimate of drug-likeness (QED) is 0.0817. The number of nitro groups is 1. The summed E-state index contributed by atoms with van der Waals surface area (Å²) >= 11 is 6.37. The molecule has 4 atom stereocenters. The summed E-state index contributed by atoms with van der Waals surface area (Å²) in [7, 11) is -1.15. The van der Waals surface area contributed by atoms with Crippen molar-refractivity contribution in [2.24, 2.45) is 17.8 Å². The fraction of sp³-hybridized carbons (Fsp3) is 0.314. The number of non-ortho nitro benzene ring substituents is 1. The zero-order valence-corrected chi connectivity index (χ0v) is 26.5. The lowest BCUT2D eigenvalue weighted by Gasteiger charge is -2.43. The molecule has 0 spiro atoms. The van der Waals surface area contributed by atoms with Crippen LogP contribution in [0.2, 0.25) is 11.3 Å². The zero-order chi connectivity index (χ0) is 33.2. The van der Waals surface area contributed by atoms with E-state index in [1.807, 2.05) is 43.3 Å². The zero-order valence-electron chi connectivity index (χ0n) is 25.8. The van der Waals surface area contributed by atoms with Crippen LogP contribution in [0.3, 0.4) is 0 Å². The molecule has 6 rings (SSSR count). The summed E-state index contributed by atoms with van der Waals surface area (Å²) in [6.45, 7) is 2.21. The highest BCUT2D eigenvalue weighted by atomic mass is 35.5. The highest BCUT2D eigenvalue weighted by Crippen LogP contribution is 2.51. The molecule has 2 aliphatic heterocycles. The van der Waals surface area contributed by atoms with Crippen LogP contribution in [0.5, 0.6) is 11.5 Å². The second-order valence-electron chi connectivity index (χ2n) is 12.1. The molecular formula is C35H34BClN2O8. The van der Waals surface area contributed by atoms with Crippen LogP contribution < -0.4 is 9.64 Å². The number of anilines is 1. The Labute approximate surface area is 277 Å². The Balaban J connectivity index is 1.34. The molecule has 1 aliphatic carbocycles. The first-order chi connectivity index (χ1) is 22.6. The second kappa shape index (κ2) is 13.7. The van der Waals surface area contributed by atoms with Gasteiger partial charge in [-0.05, 0) is 91.0 Å². The number of nitro benzene ring substituents is 1. The van der Waals surface area contributed by atoms with Gasteiger partial charge < -0.3 is 19.5 Å². The average Bonchev–Trinajstić information content (AvgIpc) is 3.31. The first kappa shape index (κ1) is 32.5. The van der Waals surface area contributed by atoms with Gasteiger partial charge in [0.1, 0.15) is 18.1 Å². The number of halogens is 1. The lowest BCUT2D eigenvalue weighted by molar-refractivity contribution is -0.384. The van der Waals surface area contributed by atoms with Crippen molar-refractivity contribution in [3.05, 3.63) is 110 Å². The van der Waals surface area contributed by atoms with E-state index < -0.39 is 47.7 Å². The van der Waals surface area contributed by atoms with Crippen molar-refractivity contribution in [2.75, 3.05) is 11.5 Å². The minimum absolute atomic E-state index is 0.0811. The Hall–Kier alpha value is -4.45. The Morgan fingerprint density at radius 1 is 1.11 bits per heavy atom. The summed E-state index contributed by atoms with van der Waals surface area (Å²) in [5.74, 6) is -2.07. The molecule has 0 aromatic heterocycles. The van der Waals surface area contributed by atoms with E-state index in [1.165, 1.54) is 30.3 Å². The summed E-state index contributed by atoms with van der Waals surface area (Å²) in [5, 5.41) is 32.6. The van der Waals surface area contributed by atoms with Gasteiger partial charge in [0.25, 0.3) is 5.69 Å². The lowest BCUT2D eigenvalue weighted by Crippen LogP contribution is -2.46. The molecule has 2 N–H and O–H groups in total. The maximum absolute atomic E-state index is 14.1. The summed E-state index contributed by atoms with van der Waals surface area (Å²) in [4.78, 5) is 40.0. The number of rotatable bonds is 10. The predicted molar refractivity (Wildman–Crippen MR) is 178 cm³/mol. The molecule has 242 valence electrons. The van der Waals surface area contributed by atoms with Gasteiger partial charge in [-0.2, -0.15) is 0 Å². The Bertz CT molecular complexity index is 1760. The molecular weight excluding hydrogens is 623 g/mol. The van der Waals surface area contributed by atoms with Crippen LogP contribution in [-0.4, -0.2) is 46.7 Å². The van der Waals surface area contributed by atoms with Crippen molar-refractivity contribution < 1.29 is 34.0 Å². The van der Waals surface area contributed by atoms with Crippen LogP contribution in [0.25, 0.3) is 6.08 Å². The van der Waals surface area contributed by atoms with Crippen molar-refractivity contribution in [1.82, 2.24) is 0 Å². The molecule has 2 heterocycles. The molecule has 47 heavy (non-hydrogen) atoms. The number of hydrogen-bond donors (Lipinski definition) is 2. The van der Waals surface area contributed by atoms with Gasteiger partial charge in [0.15, 0.2) is 0 Å². The molecule has 0 radical (unpaired) electrons. The van der Waals surface area contributed by atoms with Crippen LogP contribution in [0, 0.1) is 27.9 Å². The van der Waals surface area contributed by atoms with Crippen molar-refractivity contribution in [3.63, 3.8) is 0 Å². The number of carbonyl (C=O) groups is 2. The number of imide groups is 1. The molecule has 3 aromatic rings. The van der Waals surface area contributed by atoms with Gasteiger partial charge in [0.05, 0.1) is 33.6 Å². The molecule has 2 fully saturated rings. The third kappa shape index (κ3) is 6.69. The number of aromatic hydroxyl groups is 1. The number of ether oxygens (including phenoxy) is 1. The van der Waals surface area contributed by atoms with Crippen LogP contribution in [-0.2, 0) is 14.2 Å². The lowest BCUT2D eigenvalue weighted by atomic mass is 9.58. The number of phenols is 1. The highest BCUT2D eigenvalue weighted by molar-refractivity contribution is 6.43. The largest absolute Gasteiger partial charge is 0.508 e. The van der Waals surface area contributed by atoms with E-state index in [0.717, 1.165) is 33.6 Å². The number of allylic oxidation sites excluding steroid dienone is 1. The first-order valence-electron chi connectivity index (χ1n) is 15.7. The Kier molecular flexibility index (Phi) is 9.49. The summed E-state index contributed by atoms with van der Waals surface area (Å²) < 4.78 is 12.3. The van der Waals surface area contributed by atoms with Crippen molar-refractivity contribution in [2.45, 2.75) is 45.0 Å². The van der Waals surface area contributed by atoms with E-state index in [9.17, 15) is 29.8 Å². The molecule has 0 bridgehead atoms. The van der Waals surface area contributed by atoms with Crippen LogP contribution in [0.15, 0.2) is 89.5 Å². The molecule has 2 saturated heterocycles. The van der Waals surface area contributed by atoms with Gasteiger partial charge in [-0.25, -0.2) is 4.90 Å². The van der Waals surface area contributed by atoms with Gasteiger partial charge >= 0.3 is 7.12 Å². The van der Waals surface area contributed by atoms with Gasteiger partial charge in [0.2, 0.25) is 11.8 Å². The molecule has 3 aromatic carbocycles. The monoisotopic (exact) mass is 656 g/mol. The van der Waals surface area contributed by atoms with Gasteiger partial charge in [-0.15, -0.1) is 0 Å². The summed E-state index contributed by atoms with van der Waals surface area (Å²) in [5.41, 5.74) is 3.51. The number of amides is 2. The molecule has 10 nitrogen and oxygen atoms in total. The van der Waals surface area contributed by atoms with Gasteiger partial charge in [-0.3, -0.25) is 19.7 Å². The van der Waals surface area contributed by atoms with E-state index in [2.05, 4.69) is 0 Å². The number of phenolic OH excluding ortho intramolecular Hbond substituents is 1. The van der Waals surface area contributed by atoms with E-state index in [0.29, 0.717) is 23.6 Å². The van der Waals surface area contributed by atoms with E-state index in [-0.39, 0.29) is 36.5 Å². The topological polar surface area (TPSA) is 139 Å². The highest BCUT2D eigenvalue weighted by Gasteiger charge is 2.57. The minimum Gasteiger partial charge on any atom is -0.508 e. The number of fused-ring (bicyclic) bond motifs is 3. The number of hydrogen-bond acceptors (Lipinski definition) is 8. The third-order valence-electron chi connectivity index (χ3n) is 9.29. The molecule has 3 aliphatic rings. The fourth-order valence-electron chi connectivity index (χ4n) is 7.10. The van der Waals surface area contributed by atoms with E-state index >= 15 is 0 Å². The second-order valence-corrected chi connectivity index (χ2v) is 12.5. The number of benzene rings is 3. The van der Waals surface area contributed by atoms with Crippen LogP contribution in [0.4, 0.5) is 11.4 Å². The smallest absolute Gasteiger partial charge is 0.455 e. The molecule has 0 unspecified atom stereocenters. The van der Waals surface area contributed by atoms with Crippen molar-refractivity contribution in [3.8, 4) is 11.5 Å². The van der Waals surface area contributed by atoms with Gasteiger partial charge in [0, 0.05) is 12.1 Å². The van der Waals surface area contributed by atoms with Gasteiger partial charge in [-0.1, -0.05) is 54.4 Å². The molecule has 0 saturated carbocycles. The third-order valence-corrected chi connectivity index (χ3v) is 9.62. The normalized spacial score (nSPS) is 22.7. The summed E-state index contributed by atoms with van der Waals surface area (Å²) in [6.07, 6.45) is 3.67. The number of para-hydroxylation sites is 1. The molecule has 12 heteroatoms. The van der Waals surface area contributed by atoms with E-state index in [4.69, 9.17) is 21.0 Å². The SMILES string of the molecule is CC/C(=C\c1ccc(O)cc1Cl)CC[C@H]1OB(O)C[C@H]2C1=C(COc1ccccc1)C[C@H]1C(=O)N(c3cccc([N+](=O)[O-])c3)C(=O)[C@H]12. The molecule has 2 amide bonds. The predicted octanol–water partition coefficient (Wildman–Crippen LogP) is 6.61. The summed E-state index contributed by atoms with van der Waals surface area (Å²) in [6, 6.07) is 19.7. The van der Waals surface area contributed by atoms with E-state index in [1.54, 1.807) is 12.1 Å². The Morgan fingerprint density at radius 2 is 1.89 bits per heavy atom. The maximum atomic E-state index is 14.1. The van der Waals surface area contributed by atoms with Crippen molar-refractivity contribution >= 4 is 48.0 Å². The van der Waals surface area contributed by atoms with Crippen LogP contribution in [0.1, 0.15) is 38.2 Å². The number of nitrogens with zero attached hydrogens (tertiary/aromatic N) is 2. The first-order valence-corrected chi connectivity index (χ1v) is 16.1. The minimum atomic E-state index is -1.15.